The van der Waals surface area contributed by atoms with Gasteiger partial charge in [-0.15, -0.1) is 0 Å². The van der Waals surface area contributed by atoms with Gasteiger partial charge in [-0.05, 0) is 36.4 Å². The molecular weight excluding hydrogens is 226 g/mol. The van der Waals surface area contributed by atoms with E-state index in [-0.39, 0.29) is 5.75 Å². The van der Waals surface area contributed by atoms with Crippen LogP contribution in [0.4, 0.5) is 0 Å². The lowest BCUT2D eigenvalue weighted by Crippen LogP contribution is -1.88. The Morgan fingerprint density at radius 1 is 0.889 bits per heavy atom. The molecule has 0 unspecified atom stereocenters. The van der Waals surface area contributed by atoms with Crippen molar-refractivity contribution in [1.29, 1.82) is 0 Å². The first-order chi connectivity index (χ1) is 8.81. The summed E-state index contributed by atoms with van der Waals surface area (Å²) in [5, 5.41) is 10.3. The van der Waals surface area contributed by atoms with Crippen molar-refractivity contribution in [2.45, 2.75) is 0 Å². The van der Waals surface area contributed by atoms with Gasteiger partial charge in [-0.1, -0.05) is 18.2 Å². The molecule has 0 aliphatic heterocycles. The molecule has 0 atom stereocenters. The number of fused-ring (bicyclic) bond motifs is 1. The summed E-state index contributed by atoms with van der Waals surface area (Å²) in [5.41, 5.74) is 0.793. The van der Waals surface area contributed by atoms with Crippen LogP contribution in [0.2, 0.25) is 0 Å². The third kappa shape index (κ3) is 2.11. The van der Waals surface area contributed by atoms with Gasteiger partial charge >= 0.3 is 0 Å². The summed E-state index contributed by atoms with van der Waals surface area (Å²) in [5.74, 6) is 1.53. The molecule has 0 fully saturated rings. The number of pyridine rings is 1. The topological polar surface area (TPSA) is 42.4 Å². The largest absolute Gasteiger partial charge is 0.508 e. The van der Waals surface area contributed by atoms with Crippen molar-refractivity contribution in [3.8, 4) is 17.4 Å². The maximum atomic E-state index is 9.38. The second-order valence-corrected chi connectivity index (χ2v) is 3.94. The molecule has 0 saturated heterocycles. The van der Waals surface area contributed by atoms with E-state index in [4.69, 9.17) is 4.74 Å². The van der Waals surface area contributed by atoms with E-state index < -0.39 is 0 Å². The first kappa shape index (κ1) is 10.6. The Morgan fingerprint density at radius 2 is 1.72 bits per heavy atom. The fraction of sp³-hybridized carbons (Fsp3) is 0. The maximum Gasteiger partial charge on any atom is 0.219 e. The van der Waals surface area contributed by atoms with Crippen LogP contribution in [-0.2, 0) is 0 Å². The van der Waals surface area contributed by atoms with Crippen molar-refractivity contribution in [1.82, 2.24) is 4.98 Å². The second kappa shape index (κ2) is 4.37. The van der Waals surface area contributed by atoms with Crippen molar-refractivity contribution in [2.24, 2.45) is 0 Å². The van der Waals surface area contributed by atoms with Gasteiger partial charge in [0.2, 0.25) is 5.88 Å². The molecule has 1 aromatic heterocycles. The summed E-state index contributed by atoms with van der Waals surface area (Å²) in [4.78, 5) is 4.38. The fourth-order valence-electron chi connectivity index (χ4n) is 1.76. The SMILES string of the molecule is Oc1ccc2nc(Oc3ccccc3)ccc2c1. The van der Waals surface area contributed by atoms with Crippen molar-refractivity contribution in [2.75, 3.05) is 0 Å². The van der Waals surface area contributed by atoms with Gasteiger partial charge in [-0.3, -0.25) is 0 Å². The number of para-hydroxylation sites is 1. The van der Waals surface area contributed by atoms with E-state index in [1.54, 1.807) is 24.3 Å². The first-order valence-electron chi connectivity index (χ1n) is 5.64. The maximum absolute atomic E-state index is 9.38. The van der Waals surface area contributed by atoms with Crippen LogP contribution in [0.25, 0.3) is 10.9 Å². The fourth-order valence-corrected chi connectivity index (χ4v) is 1.76. The number of aromatic nitrogens is 1. The highest BCUT2D eigenvalue weighted by molar-refractivity contribution is 5.80. The molecular formula is C15H11NO2. The van der Waals surface area contributed by atoms with Crippen LogP contribution in [0.15, 0.2) is 60.7 Å². The van der Waals surface area contributed by atoms with Gasteiger partial charge in [-0.25, -0.2) is 4.98 Å². The molecule has 0 amide bonds. The zero-order chi connectivity index (χ0) is 12.4. The molecule has 0 bridgehead atoms. The molecule has 1 heterocycles. The first-order valence-corrected chi connectivity index (χ1v) is 5.64. The van der Waals surface area contributed by atoms with E-state index in [9.17, 15) is 5.11 Å². The number of phenolic OH excluding ortho intramolecular Hbond substituents is 1. The number of nitrogens with zero attached hydrogens (tertiary/aromatic N) is 1. The lowest BCUT2D eigenvalue weighted by Gasteiger charge is -2.05. The van der Waals surface area contributed by atoms with Crippen molar-refractivity contribution >= 4 is 10.9 Å². The zero-order valence-electron chi connectivity index (χ0n) is 9.58. The molecule has 0 aliphatic rings. The summed E-state index contributed by atoms with van der Waals surface area (Å²) in [7, 11) is 0. The van der Waals surface area contributed by atoms with Gasteiger partial charge in [0.15, 0.2) is 0 Å². The minimum atomic E-state index is 0.237. The highest BCUT2D eigenvalue weighted by Crippen LogP contribution is 2.24. The summed E-state index contributed by atoms with van der Waals surface area (Å²) in [6, 6.07) is 18.2. The monoisotopic (exact) mass is 237 g/mol. The van der Waals surface area contributed by atoms with Gasteiger partial charge in [0.25, 0.3) is 0 Å². The normalized spacial score (nSPS) is 10.4. The number of benzene rings is 2. The Morgan fingerprint density at radius 3 is 2.56 bits per heavy atom. The second-order valence-electron chi connectivity index (χ2n) is 3.94. The molecule has 0 radical (unpaired) electrons. The summed E-state index contributed by atoms with van der Waals surface area (Å²) >= 11 is 0. The highest BCUT2D eigenvalue weighted by atomic mass is 16.5. The van der Waals surface area contributed by atoms with Gasteiger partial charge in [0.05, 0.1) is 5.52 Å². The van der Waals surface area contributed by atoms with Gasteiger partial charge in [-0.2, -0.15) is 0 Å². The van der Waals surface area contributed by atoms with Crippen LogP contribution < -0.4 is 4.74 Å². The van der Waals surface area contributed by atoms with Crippen LogP contribution in [-0.4, -0.2) is 10.1 Å². The molecule has 3 heteroatoms. The molecule has 3 nitrogen and oxygen atoms in total. The van der Waals surface area contributed by atoms with Crippen LogP contribution in [0.5, 0.6) is 17.4 Å². The van der Waals surface area contributed by atoms with E-state index in [2.05, 4.69) is 4.98 Å². The zero-order valence-corrected chi connectivity index (χ0v) is 9.58. The van der Waals surface area contributed by atoms with Crippen molar-refractivity contribution < 1.29 is 9.84 Å². The van der Waals surface area contributed by atoms with Crippen LogP contribution in [0.1, 0.15) is 0 Å². The van der Waals surface area contributed by atoms with Crippen molar-refractivity contribution in [3.63, 3.8) is 0 Å². The Hall–Kier alpha value is -2.55. The highest BCUT2D eigenvalue weighted by Gasteiger charge is 2.01. The Labute approximate surface area is 104 Å². The third-order valence-electron chi connectivity index (χ3n) is 2.61. The quantitative estimate of drug-likeness (QED) is 0.738. The predicted molar refractivity (Wildman–Crippen MR) is 69.9 cm³/mol. The Balaban J connectivity index is 1.96. The number of rotatable bonds is 2. The molecule has 3 aromatic rings. The third-order valence-corrected chi connectivity index (χ3v) is 2.61. The van der Waals surface area contributed by atoms with E-state index >= 15 is 0 Å². The van der Waals surface area contributed by atoms with Gasteiger partial charge in [0.1, 0.15) is 11.5 Å². The Bertz CT molecular complexity index is 680. The number of hydrogen-bond acceptors (Lipinski definition) is 3. The lowest BCUT2D eigenvalue weighted by molar-refractivity contribution is 0.464. The molecule has 2 aromatic carbocycles. The van der Waals surface area contributed by atoms with E-state index in [1.807, 2.05) is 36.4 Å². The predicted octanol–water partition coefficient (Wildman–Crippen LogP) is 3.73. The van der Waals surface area contributed by atoms with E-state index in [0.29, 0.717) is 5.88 Å². The van der Waals surface area contributed by atoms with Gasteiger partial charge < -0.3 is 9.84 Å². The minimum Gasteiger partial charge on any atom is -0.508 e. The van der Waals surface area contributed by atoms with E-state index in [1.165, 1.54) is 0 Å². The average Bonchev–Trinajstić information content (AvgIpc) is 2.40. The van der Waals surface area contributed by atoms with Gasteiger partial charge in [0, 0.05) is 11.5 Å². The van der Waals surface area contributed by atoms with E-state index in [0.717, 1.165) is 16.7 Å². The molecule has 0 spiro atoms. The summed E-state index contributed by atoms with van der Waals surface area (Å²) in [6.07, 6.45) is 0. The molecule has 3 rings (SSSR count). The van der Waals surface area contributed by atoms with Crippen molar-refractivity contribution in [3.05, 3.63) is 60.7 Å². The molecule has 18 heavy (non-hydrogen) atoms. The lowest BCUT2D eigenvalue weighted by atomic mass is 10.2. The molecule has 0 saturated carbocycles. The number of hydrogen-bond donors (Lipinski definition) is 1. The Kier molecular flexibility index (Phi) is 2.57. The van der Waals surface area contributed by atoms with Crippen LogP contribution in [0, 0.1) is 0 Å². The summed E-state index contributed by atoms with van der Waals surface area (Å²) in [6.45, 7) is 0. The molecule has 0 aliphatic carbocycles. The number of aromatic hydroxyl groups is 1. The van der Waals surface area contributed by atoms with Crippen LogP contribution >= 0.6 is 0 Å². The molecule has 88 valence electrons. The average molecular weight is 237 g/mol. The smallest absolute Gasteiger partial charge is 0.219 e. The number of phenols is 1. The number of ether oxygens (including phenoxy) is 1. The summed E-state index contributed by atoms with van der Waals surface area (Å²) < 4.78 is 5.64. The molecule has 1 N–H and O–H groups in total. The minimum absolute atomic E-state index is 0.237. The van der Waals surface area contributed by atoms with Crippen LogP contribution in [0.3, 0.4) is 0 Å². The standard InChI is InChI=1S/C15H11NO2/c17-12-7-8-14-11(10-12)6-9-15(16-14)18-13-4-2-1-3-5-13/h1-10,17H.